The summed E-state index contributed by atoms with van der Waals surface area (Å²) in [7, 11) is 0. The van der Waals surface area contributed by atoms with Crippen molar-refractivity contribution in [3.63, 3.8) is 0 Å². The van der Waals surface area contributed by atoms with E-state index in [0.29, 0.717) is 26.2 Å². The summed E-state index contributed by atoms with van der Waals surface area (Å²) in [5, 5.41) is 8.64. The van der Waals surface area contributed by atoms with Crippen molar-refractivity contribution in [2.75, 3.05) is 39.3 Å². The third-order valence-corrected chi connectivity index (χ3v) is 3.40. The quantitative estimate of drug-likeness (QED) is 0.794. The van der Waals surface area contributed by atoms with Gasteiger partial charge in [-0.05, 0) is 11.8 Å². The molecule has 2 aliphatic heterocycles. The Bertz CT molecular complexity index is 294. The second kappa shape index (κ2) is 4.45. The number of nitrogens with zero attached hydrogens (tertiary/aromatic N) is 2. The molecule has 2 saturated heterocycles. The molecule has 0 radical (unpaired) electrons. The highest BCUT2D eigenvalue weighted by molar-refractivity contribution is 5.69. The highest BCUT2D eigenvalue weighted by atomic mass is 19.4. The Hall–Kier alpha value is -0.820. The number of hydrogen-bond donors (Lipinski definition) is 1. The number of aliphatic carboxylic acids is 1. The molecule has 0 aromatic carbocycles. The molecule has 2 atom stereocenters. The van der Waals surface area contributed by atoms with Gasteiger partial charge in [-0.3, -0.25) is 14.6 Å². The SMILES string of the molecule is O=C(O)CN1CC2CN(CC(F)(F)F)CC2C1. The van der Waals surface area contributed by atoms with E-state index in [2.05, 4.69) is 0 Å². The van der Waals surface area contributed by atoms with Gasteiger partial charge in [0.15, 0.2) is 0 Å². The van der Waals surface area contributed by atoms with Gasteiger partial charge in [-0.15, -0.1) is 0 Å². The normalized spacial score (nSPS) is 30.8. The minimum absolute atomic E-state index is 0.00767. The summed E-state index contributed by atoms with van der Waals surface area (Å²) in [6, 6.07) is 0. The van der Waals surface area contributed by atoms with Gasteiger partial charge in [0.05, 0.1) is 13.1 Å². The molecule has 0 amide bonds. The Kier molecular flexibility index (Phi) is 3.31. The number of alkyl halides is 3. The molecule has 2 fully saturated rings. The van der Waals surface area contributed by atoms with Crippen LogP contribution in [0.25, 0.3) is 0 Å². The molecule has 1 N–H and O–H groups in total. The average molecular weight is 252 g/mol. The van der Waals surface area contributed by atoms with Crippen LogP contribution in [0.3, 0.4) is 0 Å². The molecule has 2 heterocycles. The number of carboxylic acids is 1. The van der Waals surface area contributed by atoms with E-state index in [1.165, 1.54) is 4.90 Å². The van der Waals surface area contributed by atoms with Crippen molar-refractivity contribution < 1.29 is 23.1 Å². The van der Waals surface area contributed by atoms with Crippen LogP contribution in [0, 0.1) is 11.8 Å². The lowest BCUT2D eigenvalue weighted by atomic mass is 10.0. The second-order valence-corrected chi connectivity index (χ2v) is 4.92. The smallest absolute Gasteiger partial charge is 0.401 e. The molecule has 4 nitrogen and oxygen atoms in total. The fraction of sp³-hybridized carbons (Fsp3) is 0.900. The van der Waals surface area contributed by atoms with Crippen LogP contribution in [0.4, 0.5) is 13.2 Å². The number of fused-ring (bicyclic) bond motifs is 1. The van der Waals surface area contributed by atoms with E-state index in [1.54, 1.807) is 0 Å². The van der Waals surface area contributed by atoms with Gasteiger partial charge >= 0.3 is 12.1 Å². The van der Waals surface area contributed by atoms with Crippen LogP contribution in [0.1, 0.15) is 0 Å². The monoisotopic (exact) mass is 252 g/mol. The Labute approximate surface area is 97.0 Å². The van der Waals surface area contributed by atoms with E-state index in [-0.39, 0.29) is 18.4 Å². The van der Waals surface area contributed by atoms with Crippen LogP contribution in [-0.4, -0.2) is 66.3 Å². The zero-order valence-corrected chi connectivity index (χ0v) is 9.28. The number of carboxylic acid groups (broad SMARTS) is 1. The Balaban J connectivity index is 1.81. The summed E-state index contributed by atoms with van der Waals surface area (Å²) >= 11 is 0. The molecular formula is C10H15F3N2O2. The molecule has 0 saturated carbocycles. The third-order valence-electron chi connectivity index (χ3n) is 3.40. The van der Waals surface area contributed by atoms with E-state index >= 15 is 0 Å². The fourth-order valence-electron chi connectivity index (χ4n) is 2.89. The van der Waals surface area contributed by atoms with Crippen molar-refractivity contribution in [3.8, 4) is 0 Å². The minimum Gasteiger partial charge on any atom is -0.480 e. The van der Waals surface area contributed by atoms with E-state index in [1.807, 2.05) is 4.90 Å². The zero-order valence-electron chi connectivity index (χ0n) is 9.28. The van der Waals surface area contributed by atoms with E-state index in [4.69, 9.17) is 5.11 Å². The van der Waals surface area contributed by atoms with Gasteiger partial charge in [-0.1, -0.05) is 0 Å². The maximum Gasteiger partial charge on any atom is 0.401 e. The standard InChI is InChI=1S/C10H15F3N2O2/c11-10(12,13)6-15-3-7-1-14(5-9(16)17)2-8(7)4-15/h7-8H,1-6H2,(H,16,17). The first-order valence-corrected chi connectivity index (χ1v) is 5.57. The molecule has 2 rings (SSSR count). The summed E-state index contributed by atoms with van der Waals surface area (Å²) in [5.74, 6) is -0.495. The van der Waals surface area contributed by atoms with E-state index < -0.39 is 18.7 Å². The number of rotatable bonds is 3. The molecule has 2 unspecified atom stereocenters. The summed E-state index contributed by atoms with van der Waals surface area (Å²) in [6.45, 7) is 1.21. The van der Waals surface area contributed by atoms with Crippen LogP contribution >= 0.6 is 0 Å². The predicted octanol–water partition coefficient (Wildman–Crippen LogP) is 0.497. The molecule has 17 heavy (non-hydrogen) atoms. The first-order chi connectivity index (χ1) is 7.83. The van der Waals surface area contributed by atoms with Crippen LogP contribution in [0.2, 0.25) is 0 Å². The Morgan fingerprint density at radius 2 is 1.59 bits per heavy atom. The highest BCUT2D eigenvalue weighted by Gasteiger charge is 2.43. The van der Waals surface area contributed by atoms with Gasteiger partial charge in [0, 0.05) is 26.2 Å². The minimum atomic E-state index is -4.14. The molecule has 98 valence electrons. The lowest BCUT2D eigenvalue weighted by molar-refractivity contribution is -0.144. The highest BCUT2D eigenvalue weighted by Crippen LogP contribution is 2.32. The number of carbonyl (C=O) groups is 1. The van der Waals surface area contributed by atoms with Crippen molar-refractivity contribution in [2.45, 2.75) is 6.18 Å². The van der Waals surface area contributed by atoms with Crippen molar-refractivity contribution >= 4 is 5.97 Å². The van der Waals surface area contributed by atoms with Crippen LogP contribution in [0.5, 0.6) is 0 Å². The number of halogens is 3. The van der Waals surface area contributed by atoms with Crippen molar-refractivity contribution in [1.82, 2.24) is 9.80 Å². The van der Waals surface area contributed by atoms with Crippen molar-refractivity contribution in [3.05, 3.63) is 0 Å². The Morgan fingerprint density at radius 1 is 1.12 bits per heavy atom. The number of hydrogen-bond acceptors (Lipinski definition) is 3. The largest absolute Gasteiger partial charge is 0.480 e. The average Bonchev–Trinajstić information content (AvgIpc) is 2.56. The molecule has 7 heteroatoms. The third kappa shape index (κ3) is 3.32. The second-order valence-electron chi connectivity index (χ2n) is 4.92. The topological polar surface area (TPSA) is 43.8 Å². The molecule has 2 aliphatic rings. The first kappa shape index (κ1) is 12.6. The maximum absolute atomic E-state index is 12.2. The van der Waals surface area contributed by atoms with Crippen LogP contribution in [0.15, 0.2) is 0 Å². The van der Waals surface area contributed by atoms with Crippen molar-refractivity contribution in [2.24, 2.45) is 11.8 Å². The van der Waals surface area contributed by atoms with Gasteiger partial charge in [0.2, 0.25) is 0 Å². The summed E-state index contributed by atoms with van der Waals surface area (Å²) in [4.78, 5) is 13.8. The first-order valence-electron chi connectivity index (χ1n) is 5.57. The summed E-state index contributed by atoms with van der Waals surface area (Å²) < 4.78 is 36.6. The van der Waals surface area contributed by atoms with Crippen molar-refractivity contribution in [1.29, 1.82) is 0 Å². The molecule has 0 spiro atoms. The molecule has 0 bridgehead atoms. The van der Waals surface area contributed by atoms with E-state index in [0.717, 1.165) is 0 Å². The van der Waals surface area contributed by atoms with Gasteiger partial charge in [0.25, 0.3) is 0 Å². The summed E-state index contributed by atoms with van der Waals surface area (Å²) in [5.41, 5.74) is 0. The lowest BCUT2D eigenvalue weighted by Gasteiger charge is -2.21. The fourth-order valence-corrected chi connectivity index (χ4v) is 2.89. The van der Waals surface area contributed by atoms with Gasteiger partial charge in [-0.2, -0.15) is 13.2 Å². The molecule has 0 aromatic heterocycles. The predicted molar refractivity (Wildman–Crippen MR) is 53.6 cm³/mol. The van der Waals surface area contributed by atoms with Gasteiger partial charge in [0.1, 0.15) is 0 Å². The molecule has 0 aliphatic carbocycles. The molecular weight excluding hydrogens is 237 g/mol. The summed E-state index contributed by atoms with van der Waals surface area (Å²) in [6.07, 6.45) is -4.14. The van der Waals surface area contributed by atoms with Gasteiger partial charge < -0.3 is 5.11 Å². The van der Waals surface area contributed by atoms with E-state index in [9.17, 15) is 18.0 Å². The molecule has 0 aromatic rings. The maximum atomic E-state index is 12.2. The van der Waals surface area contributed by atoms with Gasteiger partial charge in [-0.25, -0.2) is 0 Å². The van der Waals surface area contributed by atoms with Crippen LogP contribution < -0.4 is 0 Å². The number of likely N-dealkylation sites (tertiary alicyclic amines) is 2. The van der Waals surface area contributed by atoms with Crippen LogP contribution in [-0.2, 0) is 4.79 Å². The zero-order chi connectivity index (χ0) is 12.6. The lowest BCUT2D eigenvalue weighted by Crippen LogP contribution is -2.36. The Morgan fingerprint density at radius 3 is 2.00 bits per heavy atom.